The molecule has 0 saturated carbocycles. The Hall–Kier alpha value is -1.90. The van der Waals surface area contributed by atoms with E-state index in [-0.39, 0.29) is 12.3 Å². The first-order valence-corrected chi connectivity index (χ1v) is 3.70. The molecule has 0 bridgehead atoms. The Bertz CT molecular complexity index is 337. The van der Waals surface area contributed by atoms with Gasteiger partial charge < -0.3 is 5.32 Å². The van der Waals surface area contributed by atoms with Gasteiger partial charge in [0.05, 0.1) is 12.6 Å². The average Bonchev–Trinajstić information content (AvgIpc) is 2.48. The Balaban J connectivity index is 2.40. The molecule has 0 aromatic carbocycles. The summed E-state index contributed by atoms with van der Waals surface area (Å²) < 4.78 is 1.56. The van der Waals surface area contributed by atoms with Gasteiger partial charge in [0.1, 0.15) is 18.6 Å². The predicted molar refractivity (Wildman–Crippen MR) is 43.1 cm³/mol. The van der Waals surface area contributed by atoms with Crippen LogP contribution in [0.5, 0.6) is 0 Å². The smallest absolute Gasteiger partial charge is 0.234 e. The minimum atomic E-state index is -0.300. The summed E-state index contributed by atoms with van der Waals surface area (Å²) in [6.07, 6.45) is 1.28. The van der Waals surface area contributed by atoms with Gasteiger partial charge in [-0.25, -0.2) is 4.98 Å². The fraction of sp³-hybridized carbons (Fsp3) is 0.429. The third-order valence-electron chi connectivity index (χ3n) is 1.49. The number of rotatable bonds is 3. The molecule has 6 nitrogen and oxygen atoms in total. The molecule has 13 heavy (non-hydrogen) atoms. The molecule has 0 aliphatic heterocycles. The Morgan fingerprint density at radius 3 is 3.15 bits per heavy atom. The molecule has 1 aromatic heterocycles. The topological polar surface area (TPSA) is 83.6 Å². The van der Waals surface area contributed by atoms with Crippen LogP contribution in [0.2, 0.25) is 0 Å². The van der Waals surface area contributed by atoms with E-state index in [1.807, 2.05) is 0 Å². The summed E-state index contributed by atoms with van der Waals surface area (Å²) in [6, 6.07) is 1.76. The number of hydrogen-bond donors (Lipinski definition) is 1. The fourth-order valence-corrected chi connectivity index (χ4v) is 0.792. The zero-order valence-corrected chi connectivity index (χ0v) is 7.19. The lowest BCUT2D eigenvalue weighted by Crippen LogP contribution is -2.23. The monoisotopic (exact) mass is 179 g/mol. The van der Waals surface area contributed by atoms with Gasteiger partial charge in [-0.1, -0.05) is 0 Å². The molecule has 0 unspecified atom stereocenters. The largest absolute Gasteiger partial charge is 0.348 e. The lowest BCUT2D eigenvalue weighted by molar-refractivity contribution is -0.120. The standard InChI is InChI=1S/C7H9N5O/c1-12-6(10-5-11-12)4-9-7(13)2-3-8/h5H,2,4H2,1H3,(H,9,13). The van der Waals surface area contributed by atoms with Gasteiger partial charge in [-0.15, -0.1) is 0 Å². The fourth-order valence-electron chi connectivity index (χ4n) is 0.792. The van der Waals surface area contributed by atoms with Gasteiger partial charge in [0, 0.05) is 7.05 Å². The van der Waals surface area contributed by atoms with Crippen LogP contribution in [0.1, 0.15) is 12.2 Å². The molecule has 1 heterocycles. The molecule has 0 radical (unpaired) electrons. The number of amides is 1. The van der Waals surface area contributed by atoms with Crippen molar-refractivity contribution in [2.75, 3.05) is 0 Å². The van der Waals surface area contributed by atoms with E-state index in [1.54, 1.807) is 17.8 Å². The van der Waals surface area contributed by atoms with Crippen molar-refractivity contribution >= 4 is 5.91 Å². The number of hydrogen-bond acceptors (Lipinski definition) is 4. The van der Waals surface area contributed by atoms with Crippen LogP contribution in [-0.4, -0.2) is 20.7 Å². The summed E-state index contributed by atoms with van der Waals surface area (Å²) in [7, 11) is 1.73. The van der Waals surface area contributed by atoms with E-state index >= 15 is 0 Å². The van der Waals surface area contributed by atoms with Crippen LogP contribution in [0.3, 0.4) is 0 Å². The summed E-state index contributed by atoms with van der Waals surface area (Å²) in [6.45, 7) is 0.303. The molecular formula is C7H9N5O. The third-order valence-corrected chi connectivity index (χ3v) is 1.49. The first-order chi connectivity index (χ1) is 6.24. The van der Waals surface area contributed by atoms with E-state index in [4.69, 9.17) is 5.26 Å². The summed E-state index contributed by atoms with van der Waals surface area (Å²) in [5.41, 5.74) is 0. The maximum atomic E-state index is 10.9. The van der Waals surface area contributed by atoms with Crippen LogP contribution in [0, 0.1) is 11.3 Å². The third kappa shape index (κ3) is 2.56. The van der Waals surface area contributed by atoms with Crippen molar-refractivity contribution in [2.45, 2.75) is 13.0 Å². The van der Waals surface area contributed by atoms with Crippen molar-refractivity contribution in [1.29, 1.82) is 5.26 Å². The molecule has 1 amide bonds. The summed E-state index contributed by atoms with van der Waals surface area (Å²) in [5.74, 6) is 0.358. The molecular weight excluding hydrogens is 170 g/mol. The number of nitrogens with zero attached hydrogens (tertiary/aromatic N) is 4. The minimum absolute atomic E-state index is 0.127. The molecule has 0 aliphatic rings. The molecule has 1 rings (SSSR count). The van der Waals surface area contributed by atoms with Crippen molar-refractivity contribution in [2.24, 2.45) is 7.05 Å². The number of aromatic nitrogens is 3. The van der Waals surface area contributed by atoms with E-state index in [9.17, 15) is 4.79 Å². The molecule has 0 spiro atoms. The molecule has 1 aromatic rings. The van der Waals surface area contributed by atoms with Crippen molar-refractivity contribution < 1.29 is 4.79 Å². The SMILES string of the molecule is Cn1ncnc1CNC(=O)CC#N. The summed E-state index contributed by atoms with van der Waals surface area (Å²) in [5, 5.41) is 14.6. The van der Waals surface area contributed by atoms with Crippen molar-refractivity contribution in [3.05, 3.63) is 12.2 Å². The lowest BCUT2D eigenvalue weighted by atomic mass is 10.4. The van der Waals surface area contributed by atoms with Crippen LogP contribution in [0.15, 0.2) is 6.33 Å². The second-order valence-electron chi connectivity index (χ2n) is 2.41. The van der Waals surface area contributed by atoms with E-state index in [0.717, 1.165) is 0 Å². The Kier molecular flexibility index (Phi) is 2.97. The van der Waals surface area contributed by atoms with Crippen LogP contribution in [0.4, 0.5) is 0 Å². The minimum Gasteiger partial charge on any atom is -0.348 e. The normalized spacial score (nSPS) is 9.23. The van der Waals surface area contributed by atoms with Crippen molar-refractivity contribution in [3.63, 3.8) is 0 Å². The highest BCUT2D eigenvalue weighted by atomic mass is 16.1. The van der Waals surface area contributed by atoms with Crippen LogP contribution in [-0.2, 0) is 18.4 Å². The van der Waals surface area contributed by atoms with Crippen LogP contribution >= 0.6 is 0 Å². The molecule has 0 fully saturated rings. The van der Waals surface area contributed by atoms with Crippen molar-refractivity contribution in [3.8, 4) is 6.07 Å². The van der Waals surface area contributed by atoms with Crippen molar-refractivity contribution in [1.82, 2.24) is 20.1 Å². The first kappa shape index (κ1) is 9.19. The first-order valence-electron chi connectivity index (χ1n) is 3.70. The second kappa shape index (κ2) is 4.21. The van der Waals surface area contributed by atoms with Gasteiger partial charge in [-0.2, -0.15) is 10.4 Å². The summed E-state index contributed by atoms with van der Waals surface area (Å²) in [4.78, 5) is 14.8. The quantitative estimate of drug-likeness (QED) is 0.668. The molecule has 0 aliphatic carbocycles. The van der Waals surface area contributed by atoms with Gasteiger partial charge in [-0.05, 0) is 0 Å². The molecule has 0 saturated heterocycles. The number of nitrogens with one attached hydrogen (secondary N) is 1. The highest BCUT2D eigenvalue weighted by molar-refractivity contribution is 5.77. The van der Waals surface area contributed by atoms with Crippen LogP contribution < -0.4 is 5.32 Å². The Morgan fingerprint density at radius 2 is 2.62 bits per heavy atom. The zero-order chi connectivity index (χ0) is 9.68. The van der Waals surface area contributed by atoms with E-state index < -0.39 is 0 Å². The number of carbonyl (C=O) groups is 1. The zero-order valence-electron chi connectivity index (χ0n) is 7.19. The van der Waals surface area contributed by atoms with Gasteiger partial charge in [-0.3, -0.25) is 9.48 Å². The lowest BCUT2D eigenvalue weighted by Gasteiger charge is -2.00. The van der Waals surface area contributed by atoms with E-state index in [2.05, 4.69) is 15.4 Å². The second-order valence-corrected chi connectivity index (χ2v) is 2.41. The van der Waals surface area contributed by atoms with E-state index in [1.165, 1.54) is 6.33 Å². The highest BCUT2D eigenvalue weighted by Gasteiger charge is 2.02. The molecule has 6 heteroatoms. The average molecular weight is 179 g/mol. The van der Waals surface area contributed by atoms with Gasteiger partial charge in [0.2, 0.25) is 5.91 Å². The van der Waals surface area contributed by atoms with E-state index in [0.29, 0.717) is 12.4 Å². The number of carbonyl (C=O) groups excluding carboxylic acids is 1. The van der Waals surface area contributed by atoms with Crippen LogP contribution in [0.25, 0.3) is 0 Å². The molecule has 68 valence electrons. The Morgan fingerprint density at radius 1 is 1.85 bits per heavy atom. The van der Waals surface area contributed by atoms with Gasteiger partial charge >= 0.3 is 0 Å². The maximum Gasteiger partial charge on any atom is 0.234 e. The molecule has 1 N–H and O–H groups in total. The predicted octanol–water partition coefficient (Wildman–Crippen LogP) is -0.655. The highest BCUT2D eigenvalue weighted by Crippen LogP contribution is 1.89. The molecule has 0 atom stereocenters. The Labute approximate surface area is 75.2 Å². The number of aryl methyl sites for hydroxylation is 1. The number of nitriles is 1. The summed E-state index contributed by atoms with van der Waals surface area (Å²) >= 11 is 0. The van der Waals surface area contributed by atoms with Gasteiger partial charge in [0.25, 0.3) is 0 Å². The maximum absolute atomic E-state index is 10.9. The van der Waals surface area contributed by atoms with Gasteiger partial charge in [0.15, 0.2) is 0 Å².